The monoisotopic (exact) mass is 194 g/mol. The Morgan fingerprint density at radius 1 is 1.46 bits per heavy atom. The number of carbonyl (C=O) groups excluding carboxylic acids is 1. The van der Waals surface area contributed by atoms with E-state index >= 15 is 0 Å². The van der Waals surface area contributed by atoms with Crippen LogP contribution in [0.4, 0.5) is 0 Å². The zero-order valence-electron chi connectivity index (χ0n) is 6.70. The zero-order valence-corrected chi connectivity index (χ0v) is 7.45. The lowest BCUT2D eigenvalue weighted by Crippen LogP contribution is -2.19. The van der Waals surface area contributed by atoms with Crippen molar-refractivity contribution in [3.05, 3.63) is 34.9 Å². The quantitative estimate of drug-likeness (QED) is 0.774. The minimum atomic E-state index is -0.891. The third-order valence-electron chi connectivity index (χ3n) is 1.62. The topological polar surface area (TPSA) is 66.9 Å². The smallest absolute Gasteiger partial charge is 0.239 e. The van der Waals surface area contributed by atoms with Crippen molar-refractivity contribution in [3.63, 3.8) is 0 Å². The van der Waals surface area contributed by atoms with Gasteiger partial charge in [0, 0.05) is 5.02 Å². The molecule has 0 aromatic heterocycles. The minimum absolute atomic E-state index is 0.560. The number of nitrogens with two attached hydrogens (primary N) is 1. The highest BCUT2D eigenvalue weighted by atomic mass is 35.5. The predicted molar refractivity (Wildman–Crippen MR) is 49.0 cm³/mol. The Kier molecular flexibility index (Phi) is 2.88. The zero-order chi connectivity index (χ0) is 9.84. The number of rotatable bonds is 2. The Bertz CT molecular complexity index is 353. The van der Waals surface area contributed by atoms with Crippen molar-refractivity contribution in [1.29, 1.82) is 5.26 Å². The molecule has 1 rings (SSSR count). The molecule has 13 heavy (non-hydrogen) atoms. The van der Waals surface area contributed by atoms with Crippen molar-refractivity contribution in [3.8, 4) is 6.07 Å². The van der Waals surface area contributed by atoms with E-state index in [4.69, 9.17) is 22.6 Å². The summed E-state index contributed by atoms with van der Waals surface area (Å²) in [6, 6.07) is 8.27. The lowest BCUT2D eigenvalue weighted by molar-refractivity contribution is -0.118. The van der Waals surface area contributed by atoms with E-state index in [2.05, 4.69) is 0 Å². The van der Waals surface area contributed by atoms with Crippen LogP contribution in [0.3, 0.4) is 0 Å². The van der Waals surface area contributed by atoms with E-state index in [1.54, 1.807) is 24.3 Å². The first-order chi connectivity index (χ1) is 6.15. The first kappa shape index (κ1) is 9.56. The highest BCUT2D eigenvalue weighted by Gasteiger charge is 2.15. The van der Waals surface area contributed by atoms with Crippen molar-refractivity contribution in [2.75, 3.05) is 0 Å². The van der Waals surface area contributed by atoms with Crippen LogP contribution in [0.2, 0.25) is 5.02 Å². The summed E-state index contributed by atoms with van der Waals surface area (Å²) >= 11 is 5.64. The van der Waals surface area contributed by atoms with Gasteiger partial charge in [0.15, 0.2) is 0 Å². The van der Waals surface area contributed by atoms with E-state index in [-0.39, 0.29) is 0 Å². The first-order valence-corrected chi connectivity index (χ1v) is 3.97. The molecule has 4 heteroatoms. The molecule has 0 aliphatic heterocycles. The lowest BCUT2D eigenvalue weighted by atomic mass is 10.0. The van der Waals surface area contributed by atoms with Gasteiger partial charge < -0.3 is 5.73 Å². The van der Waals surface area contributed by atoms with Crippen LogP contribution in [0.1, 0.15) is 11.5 Å². The fraction of sp³-hybridized carbons (Fsp3) is 0.111. The molecule has 0 heterocycles. The Balaban J connectivity index is 3.01. The van der Waals surface area contributed by atoms with Crippen LogP contribution in [0.15, 0.2) is 24.3 Å². The van der Waals surface area contributed by atoms with Crippen LogP contribution < -0.4 is 5.73 Å². The number of carbonyl (C=O) groups is 1. The molecular formula is C9H7ClN2O. The average Bonchev–Trinajstić information content (AvgIpc) is 2.09. The second-order valence-electron chi connectivity index (χ2n) is 2.52. The number of amides is 1. The number of hydrogen-bond acceptors (Lipinski definition) is 2. The normalized spacial score (nSPS) is 11.7. The summed E-state index contributed by atoms with van der Waals surface area (Å²) in [5, 5.41) is 9.20. The molecule has 0 spiro atoms. The Labute approximate surface area is 80.7 Å². The second kappa shape index (κ2) is 3.92. The van der Waals surface area contributed by atoms with Gasteiger partial charge in [0.25, 0.3) is 0 Å². The van der Waals surface area contributed by atoms with Crippen molar-refractivity contribution in [2.45, 2.75) is 5.92 Å². The van der Waals surface area contributed by atoms with Crippen LogP contribution in [-0.4, -0.2) is 5.91 Å². The number of halogens is 1. The maximum atomic E-state index is 10.8. The van der Waals surface area contributed by atoms with E-state index in [0.717, 1.165) is 0 Å². The van der Waals surface area contributed by atoms with Gasteiger partial charge in [-0.3, -0.25) is 4.79 Å². The molecule has 3 nitrogen and oxygen atoms in total. The Morgan fingerprint density at radius 3 is 2.38 bits per heavy atom. The highest BCUT2D eigenvalue weighted by Crippen LogP contribution is 2.17. The summed E-state index contributed by atoms with van der Waals surface area (Å²) in [5.41, 5.74) is 5.59. The number of benzene rings is 1. The van der Waals surface area contributed by atoms with E-state index in [1.807, 2.05) is 6.07 Å². The van der Waals surface area contributed by atoms with Gasteiger partial charge in [-0.05, 0) is 17.7 Å². The fourth-order valence-electron chi connectivity index (χ4n) is 0.958. The molecule has 2 N–H and O–H groups in total. The van der Waals surface area contributed by atoms with Gasteiger partial charge in [-0.2, -0.15) is 5.26 Å². The third kappa shape index (κ3) is 2.20. The van der Waals surface area contributed by atoms with E-state index in [0.29, 0.717) is 10.6 Å². The van der Waals surface area contributed by atoms with Crippen molar-refractivity contribution < 1.29 is 4.79 Å². The molecule has 0 saturated heterocycles. The van der Waals surface area contributed by atoms with Gasteiger partial charge >= 0.3 is 0 Å². The summed E-state index contributed by atoms with van der Waals surface area (Å²) in [5.74, 6) is -1.54. The van der Waals surface area contributed by atoms with Gasteiger partial charge in [0.2, 0.25) is 5.91 Å². The predicted octanol–water partition coefficient (Wildman–Crippen LogP) is 1.43. The molecule has 0 bridgehead atoms. The molecule has 1 amide bonds. The van der Waals surface area contributed by atoms with E-state index < -0.39 is 11.8 Å². The number of hydrogen-bond donors (Lipinski definition) is 1. The molecule has 0 aliphatic carbocycles. The molecule has 0 radical (unpaired) electrons. The standard InChI is InChI=1S/C9H7ClN2O/c10-7-3-1-6(2-4-7)8(5-11)9(12)13/h1-4,8H,(H2,12,13). The third-order valence-corrected chi connectivity index (χ3v) is 1.87. The molecule has 0 fully saturated rings. The second-order valence-corrected chi connectivity index (χ2v) is 2.95. The summed E-state index contributed by atoms with van der Waals surface area (Å²) in [6.45, 7) is 0. The summed E-state index contributed by atoms with van der Waals surface area (Å²) < 4.78 is 0. The lowest BCUT2D eigenvalue weighted by Gasteiger charge is -2.03. The molecule has 1 aromatic carbocycles. The van der Waals surface area contributed by atoms with E-state index in [1.165, 1.54) is 0 Å². The maximum Gasteiger partial charge on any atom is 0.239 e. The number of primary amides is 1. The van der Waals surface area contributed by atoms with Gasteiger partial charge in [-0.15, -0.1) is 0 Å². The minimum Gasteiger partial charge on any atom is -0.368 e. The van der Waals surface area contributed by atoms with E-state index in [9.17, 15) is 4.79 Å². The summed E-state index contributed by atoms with van der Waals surface area (Å²) in [7, 11) is 0. The summed E-state index contributed by atoms with van der Waals surface area (Å²) in [4.78, 5) is 10.8. The van der Waals surface area contributed by atoms with Crippen LogP contribution in [0.5, 0.6) is 0 Å². The first-order valence-electron chi connectivity index (χ1n) is 3.59. The largest absolute Gasteiger partial charge is 0.368 e. The number of nitrogens with zero attached hydrogens (tertiary/aromatic N) is 1. The molecule has 0 saturated carbocycles. The molecule has 66 valence electrons. The van der Waals surface area contributed by atoms with Gasteiger partial charge in [0.1, 0.15) is 5.92 Å². The van der Waals surface area contributed by atoms with Crippen molar-refractivity contribution >= 4 is 17.5 Å². The molecule has 0 aliphatic rings. The van der Waals surface area contributed by atoms with Crippen molar-refractivity contribution in [1.82, 2.24) is 0 Å². The highest BCUT2D eigenvalue weighted by molar-refractivity contribution is 6.30. The average molecular weight is 195 g/mol. The van der Waals surface area contributed by atoms with Crippen LogP contribution in [0, 0.1) is 11.3 Å². The fourth-order valence-corrected chi connectivity index (χ4v) is 1.08. The molecule has 1 aromatic rings. The molecular weight excluding hydrogens is 188 g/mol. The maximum absolute atomic E-state index is 10.8. The van der Waals surface area contributed by atoms with Gasteiger partial charge in [-0.1, -0.05) is 23.7 Å². The number of nitriles is 1. The molecule has 1 unspecified atom stereocenters. The van der Waals surface area contributed by atoms with Crippen LogP contribution in [-0.2, 0) is 4.79 Å². The summed E-state index contributed by atoms with van der Waals surface area (Å²) in [6.07, 6.45) is 0. The van der Waals surface area contributed by atoms with Crippen molar-refractivity contribution in [2.24, 2.45) is 5.73 Å². The van der Waals surface area contributed by atoms with Gasteiger partial charge in [-0.25, -0.2) is 0 Å². The Morgan fingerprint density at radius 2 is 2.00 bits per heavy atom. The van der Waals surface area contributed by atoms with Crippen LogP contribution in [0.25, 0.3) is 0 Å². The van der Waals surface area contributed by atoms with Crippen LogP contribution >= 0.6 is 11.6 Å². The molecule has 1 atom stereocenters. The SMILES string of the molecule is N#CC(C(N)=O)c1ccc(Cl)cc1. The van der Waals surface area contributed by atoms with Gasteiger partial charge in [0.05, 0.1) is 6.07 Å². The Hall–Kier alpha value is -1.53.